The second-order valence-electron chi connectivity index (χ2n) is 3.53. The van der Waals surface area contributed by atoms with Crippen molar-refractivity contribution in [3.8, 4) is 0 Å². The van der Waals surface area contributed by atoms with Crippen molar-refractivity contribution in [1.82, 2.24) is 4.98 Å². The molecule has 3 nitrogen and oxygen atoms in total. The summed E-state index contributed by atoms with van der Waals surface area (Å²) in [5.41, 5.74) is -0.477. The molecular formula is C11H7F3INO2. The number of hydrogen-bond donors (Lipinski definition) is 1. The predicted molar refractivity (Wildman–Crippen MR) is 67.4 cm³/mol. The van der Waals surface area contributed by atoms with Gasteiger partial charge in [-0.15, -0.1) is 0 Å². The molecule has 0 aliphatic rings. The third-order valence-corrected chi connectivity index (χ3v) is 3.54. The van der Waals surface area contributed by atoms with E-state index in [9.17, 15) is 18.0 Å². The Balaban J connectivity index is 2.78. The van der Waals surface area contributed by atoms with E-state index < -0.39 is 17.7 Å². The van der Waals surface area contributed by atoms with Gasteiger partial charge in [0, 0.05) is 10.9 Å². The lowest BCUT2D eigenvalue weighted by Crippen LogP contribution is -2.06. The summed E-state index contributed by atoms with van der Waals surface area (Å²) in [5, 5.41) is -0.00833. The summed E-state index contributed by atoms with van der Waals surface area (Å²) in [4.78, 5) is 14.1. The molecule has 1 aromatic carbocycles. The van der Waals surface area contributed by atoms with E-state index in [1.807, 2.05) is 0 Å². The number of alkyl halides is 3. The molecule has 0 fully saturated rings. The first-order chi connectivity index (χ1) is 8.36. The van der Waals surface area contributed by atoms with Gasteiger partial charge in [0.15, 0.2) is 0 Å². The van der Waals surface area contributed by atoms with Crippen molar-refractivity contribution in [2.45, 2.75) is 6.18 Å². The summed E-state index contributed by atoms with van der Waals surface area (Å²) in [6.45, 7) is 0. The fourth-order valence-corrected chi connectivity index (χ4v) is 2.62. The lowest BCUT2D eigenvalue weighted by atomic mass is 10.1. The van der Waals surface area contributed by atoms with Gasteiger partial charge < -0.3 is 9.72 Å². The minimum absolute atomic E-state index is 0.00833. The van der Waals surface area contributed by atoms with Crippen LogP contribution in [0.2, 0.25) is 0 Å². The van der Waals surface area contributed by atoms with Crippen molar-refractivity contribution in [3.63, 3.8) is 0 Å². The third-order valence-electron chi connectivity index (χ3n) is 2.46. The topological polar surface area (TPSA) is 42.1 Å². The Morgan fingerprint density at radius 3 is 2.61 bits per heavy atom. The third kappa shape index (κ3) is 2.06. The zero-order valence-corrected chi connectivity index (χ0v) is 11.2. The average Bonchev–Trinajstić information content (AvgIpc) is 2.65. The molecular weight excluding hydrogens is 362 g/mol. The summed E-state index contributed by atoms with van der Waals surface area (Å²) in [6, 6.07) is 3.76. The van der Waals surface area contributed by atoms with Crippen molar-refractivity contribution in [2.75, 3.05) is 7.11 Å². The molecule has 0 spiro atoms. The van der Waals surface area contributed by atoms with Crippen LogP contribution < -0.4 is 0 Å². The van der Waals surface area contributed by atoms with Gasteiger partial charge in [0.1, 0.15) is 5.69 Å². The maximum absolute atomic E-state index is 12.9. The fourth-order valence-electron chi connectivity index (χ4n) is 1.69. The Kier molecular flexibility index (Phi) is 3.26. The SMILES string of the molecule is COC(=O)c1[nH]c2cccc(C(F)(F)F)c2c1I. The van der Waals surface area contributed by atoms with Gasteiger partial charge in [0.05, 0.1) is 16.2 Å². The molecule has 0 saturated carbocycles. The zero-order chi connectivity index (χ0) is 13.5. The highest BCUT2D eigenvalue weighted by Gasteiger charge is 2.34. The Morgan fingerprint density at radius 2 is 2.06 bits per heavy atom. The monoisotopic (exact) mass is 369 g/mol. The number of esters is 1. The van der Waals surface area contributed by atoms with Crippen LogP contribution in [0.1, 0.15) is 16.1 Å². The summed E-state index contributed by atoms with van der Waals surface area (Å²) in [7, 11) is 1.18. The molecule has 7 heteroatoms. The number of carbonyl (C=O) groups is 1. The molecule has 1 heterocycles. The number of carbonyl (C=O) groups excluding carboxylic acids is 1. The van der Waals surface area contributed by atoms with E-state index in [2.05, 4.69) is 9.72 Å². The molecule has 0 atom stereocenters. The standard InChI is InChI=1S/C11H7F3INO2/c1-18-10(17)9-8(15)7-5(11(12,13)14)3-2-4-6(7)16-9/h2-4,16H,1H3. The quantitative estimate of drug-likeness (QED) is 0.617. The van der Waals surface area contributed by atoms with Gasteiger partial charge in [-0.3, -0.25) is 0 Å². The van der Waals surface area contributed by atoms with Crippen LogP contribution in [0.4, 0.5) is 13.2 Å². The van der Waals surface area contributed by atoms with Crippen LogP contribution in [0.3, 0.4) is 0 Å². The van der Waals surface area contributed by atoms with Crippen LogP contribution in [0.5, 0.6) is 0 Å². The normalized spacial score (nSPS) is 11.8. The molecule has 18 heavy (non-hydrogen) atoms. The number of ether oxygens (including phenoxy) is 1. The lowest BCUT2D eigenvalue weighted by molar-refractivity contribution is -0.136. The first-order valence-electron chi connectivity index (χ1n) is 4.82. The second kappa shape index (κ2) is 4.45. The molecule has 96 valence electrons. The number of methoxy groups -OCH3 is 1. The number of rotatable bonds is 1. The molecule has 1 aromatic heterocycles. The Bertz CT molecular complexity index is 619. The molecule has 0 bridgehead atoms. The number of H-pyrrole nitrogens is 1. The minimum Gasteiger partial charge on any atom is -0.464 e. The molecule has 0 radical (unpaired) electrons. The summed E-state index contributed by atoms with van der Waals surface area (Å²) >= 11 is 1.71. The molecule has 0 saturated heterocycles. The van der Waals surface area contributed by atoms with E-state index in [1.54, 1.807) is 22.6 Å². The van der Waals surface area contributed by atoms with E-state index in [1.165, 1.54) is 19.2 Å². The number of aromatic nitrogens is 1. The number of nitrogens with one attached hydrogen (secondary N) is 1. The summed E-state index contributed by atoms with van der Waals surface area (Å²) in [6.07, 6.45) is -4.46. The van der Waals surface area contributed by atoms with Crippen molar-refractivity contribution < 1.29 is 22.7 Å². The highest BCUT2D eigenvalue weighted by molar-refractivity contribution is 14.1. The minimum atomic E-state index is -4.46. The van der Waals surface area contributed by atoms with Crippen molar-refractivity contribution >= 4 is 39.5 Å². The molecule has 2 aromatic rings. The highest BCUT2D eigenvalue weighted by Crippen LogP contribution is 2.37. The summed E-state index contributed by atoms with van der Waals surface area (Å²) in [5.74, 6) is -0.691. The lowest BCUT2D eigenvalue weighted by Gasteiger charge is -2.07. The van der Waals surface area contributed by atoms with Gasteiger partial charge in [-0.25, -0.2) is 4.79 Å². The Hall–Kier alpha value is -1.25. The first kappa shape index (κ1) is 13.2. The van der Waals surface area contributed by atoms with E-state index in [4.69, 9.17) is 0 Å². The average molecular weight is 369 g/mol. The van der Waals surface area contributed by atoms with Crippen molar-refractivity contribution in [3.05, 3.63) is 33.0 Å². The van der Waals surface area contributed by atoms with Crippen LogP contribution in [0, 0.1) is 3.57 Å². The van der Waals surface area contributed by atoms with E-state index in [0.29, 0.717) is 0 Å². The maximum Gasteiger partial charge on any atom is 0.417 e. The van der Waals surface area contributed by atoms with Crippen LogP contribution >= 0.6 is 22.6 Å². The van der Waals surface area contributed by atoms with Crippen molar-refractivity contribution in [1.29, 1.82) is 0 Å². The molecule has 0 unspecified atom stereocenters. The predicted octanol–water partition coefficient (Wildman–Crippen LogP) is 3.58. The number of benzene rings is 1. The number of hydrogen-bond acceptors (Lipinski definition) is 2. The maximum atomic E-state index is 12.9. The second-order valence-corrected chi connectivity index (χ2v) is 4.61. The fraction of sp³-hybridized carbons (Fsp3) is 0.182. The number of fused-ring (bicyclic) bond motifs is 1. The van der Waals surface area contributed by atoms with Gasteiger partial charge in [-0.2, -0.15) is 13.2 Å². The Labute approximate surface area is 113 Å². The van der Waals surface area contributed by atoms with Gasteiger partial charge in [0.25, 0.3) is 0 Å². The molecule has 0 aliphatic carbocycles. The summed E-state index contributed by atoms with van der Waals surface area (Å²) < 4.78 is 43.3. The van der Waals surface area contributed by atoms with Crippen molar-refractivity contribution in [2.24, 2.45) is 0 Å². The van der Waals surface area contributed by atoms with Gasteiger partial charge in [0.2, 0.25) is 0 Å². The number of halogens is 4. The van der Waals surface area contributed by atoms with Crippen LogP contribution in [-0.4, -0.2) is 18.1 Å². The van der Waals surface area contributed by atoms with Crippen LogP contribution in [-0.2, 0) is 10.9 Å². The first-order valence-corrected chi connectivity index (χ1v) is 5.90. The number of aromatic amines is 1. The van der Waals surface area contributed by atoms with Gasteiger partial charge >= 0.3 is 12.1 Å². The Morgan fingerprint density at radius 1 is 1.39 bits per heavy atom. The smallest absolute Gasteiger partial charge is 0.417 e. The van der Waals surface area contributed by atoms with Gasteiger partial charge in [-0.1, -0.05) is 6.07 Å². The zero-order valence-electron chi connectivity index (χ0n) is 9.06. The van der Waals surface area contributed by atoms with E-state index in [-0.39, 0.29) is 20.2 Å². The molecule has 2 rings (SSSR count). The highest BCUT2D eigenvalue weighted by atomic mass is 127. The van der Waals surface area contributed by atoms with Gasteiger partial charge in [-0.05, 0) is 34.7 Å². The van der Waals surface area contributed by atoms with E-state index >= 15 is 0 Å². The van der Waals surface area contributed by atoms with E-state index in [0.717, 1.165) is 6.07 Å². The molecule has 0 amide bonds. The molecule has 0 aliphatic heterocycles. The van der Waals surface area contributed by atoms with Crippen LogP contribution in [0.25, 0.3) is 10.9 Å². The largest absolute Gasteiger partial charge is 0.464 e. The van der Waals surface area contributed by atoms with Crippen LogP contribution in [0.15, 0.2) is 18.2 Å². The molecule has 1 N–H and O–H groups in total.